The third-order valence-electron chi connectivity index (χ3n) is 6.33. The summed E-state index contributed by atoms with van der Waals surface area (Å²) in [6.45, 7) is 3.47. The SMILES string of the molecule is CC(C)[C@H](N)C(=O)N[C@@H](Cc1ccc(O)cc1)C(=O)N[C@@H](CCC(N)=O)C(=O)N[C@@H](Cc1ccc(O)cc1)C(=O)O. The van der Waals surface area contributed by atoms with E-state index in [1.807, 2.05) is 0 Å². The predicted molar refractivity (Wildman–Crippen MR) is 148 cm³/mol. The zero-order chi connectivity index (χ0) is 30.7. The molecule has 41 heavy (non-hydrogen) atoms. The molecule has 0 fully saturated rings. The van der Waals surface area contributed by atoms with Crippen LogP contribution in [0.4, 0.5) is 0 Å². The van der Waals surface area contributed by atoms with Crippen molar-refractivity contribution >= 4 is 29.6 Å². The predicted octanol–water partition coefficient (Wildman–Crippen LogP) is -0.329. The van der Waals surface area contributed by atoms with Crippen LogP contribution in [0, 0.1) is 5.92 Å². The second-order valence-electron chi connectivity index (χ2n) is 10.0. The minimum atomic E-state index is -1.39. The Morgan fingerprint density at radius 1 is 0.707 bits per heavy atom. The van der Waals surface area contributed by atoms with Crippen molar-refractivity contribution in [1.29, 1.82) is 0 Å². The second kappa shape index (κ2) is 15.2. The fourth-order valence-corrected chi connectivity index (χ4v) is 3.82. The van der Waals surface area contributed by atoms with Crippen LogP contribution in [0.5, 0.6) is 11.5 Å². The Balaban J connectivity index is 2.26. The first kappa shape index (κ1) is 32.6. The number of carbonyl (C=O) groups is 5. The van der Waals surface area contributed by atoms with E-state index < -0.39 is 53.8 Å². The largest absolute Gasteiger partial charge is 0.508 e. The highest BCUT2D eigenvalue weighted by atomic mass is 16.4. The van der Waals surface area contributed by atoms with E-state index in [1.54, 1.807) is 26.0 Å². The van der Waals surface area contributed by atoms with Crippen molar-refractivity contribution in [1.82, 2.24) is 16.0 Å². The van der Waals surface area contributed by atoms with Crippen LogP contribution in [-0.4, -0.2) is 69.1 Å². The van der Waals surface area contributed by atoms with Crippen molar-refractivity contribution in [3.63, 3.8) is 0 Å². The third kappa shape index (κ3) is 10.8. The Kier molecular flexibility index (Phi) is 12.1. The molecule has 0 bridgehead atoms. The minimum Gasteiger partial charge on any atom is -0.508 e. The standard InChI is InChI=1S/C28H37N5O8/c1-15(2)24(30)27(39)32-21(13-16-3-7-18(34)8-4-16)26(38)31-20(11-12-23(29)36)25(37)33-22(28(40)41)14-17-5-9-19(35)10-6-17/h3-10,15,20-22,24,34-35H,11-14,30H2,1-2H3,(H2,29,36)(H,31,38)(H,32,39)(H,33,37)(H,40,41)/t20-,21-,22-,24-/m0/s1. The number of amides is 4. The van der Waals surface area contributed by atoms with Crippen molar-refractivity contribution in [2.45, 2.75) is 63.7 Å². The number of carbonyl (C=O) groups excluding carboxylic acids is 4. The number of nitrogens with one attached hydrogen (secondary N) is 3. The van der Waals surface area contributed by atoms with Crippen LogP contribution in [0.1, 0.15) is 37.8 Å². The highest BCUT2D eigenvalue weighted by Gasteiger charge is 2.31. The first-order valence-corrected chi connectivity index (χ1v) is 13.0. The third-order valence-corrected chi connectivity index (χ3v) is 6.33. The van der Waals surface area contributed by atoms with Crippen LogP contribution in [-0.2, 0) is 36.8 Å². The Morgan fingerprint density at radius 2 is 1.12 bits per heavy atom. The molecule has 0 radical (unpaired) electrons. The van der Waals surface area contributed by atoms with Gasteiger partial charge in [0.15, 0.2) is 0 Å². The highest BCUT2D eigenvalue weighted by Crippen LogP contribution is 2.14. The fourth-order valence-electron chi connectivity index (χ4n) is 3.82. The lowest BCUT2D eigenvalue weighted by Gasteiger charge is -2.26. The zero-order valence-corrected chi connectivity index (χ0v) is 22.9. The molecule has 0 spiro atoms. The quantitative estimate of drug-likeness (QED) is 0.140. The zero-order valence-electron chi connectivity index (χ0n) is 22.9. The van der Waals surface area contributed by atoms with Crippen molar-refractivity contribution in [2.75, 3.05) is 0 Å². The van der Waals surface area contributed by atoms with E-state index in [-0.39, 0.29) is 43.1 Å². The van der Waals surface area contributed by atoms with E-state index in [1.165, 1.54) is 36.4 Å². The molecule has 0 aromatic heterocycles. The number of phenols is 2. The monoisotopic (exact) mass is 571 g/mol. The van der Waals surface area contributed by atoms with Crippen LogP contribution in [0.3, 0.4) is 0 Å². The van der Waals surface area contributed by atoms with Gasteiger partial charge in [-0.1, -0.05) is 38.1 Å². The number of rotatable bonds is 15. The molecule has 2 rings (SSSR count). The molecule has 0 unspecified atom stereocenters. The van der Waals surface area contributed by atoms with Crippen molar-refractivity contribution < 1.29 is 39.3 Å². The Morgan fingerprint density at radius 3 is 1.56 bits per heavy atom. The minimum absolute atomic E-state index is 0.00379. The van der Waals surface area contributed by atoms with Gasteiger partial charge in [-0.2, -0.15) is 0 Å². The van der Waals surface area contributed by atoms with Crippen LogP contribution in [0.2, 0.25) is 0 Å². The van der Waals surface area contributed by atoms with Crippen molar-refractivity contribution in [2.24, 2.45) is 17.4 Å². The topological polar surface area (TPSA) is 234 Å². The summed E-state index contributed by atoms with van der Waals surface area (Å²) in [7, 11) is 0. The summed E-state index contributed by atoms with van der Waals surface area (Å²) in [5, 5.41) is 36.2. The Hall–Kier alpha value is -4.65. The molecule has 0 saturated carbocycles. The first-order chi connectivity index (χ1) is 19.3. The van der Waals surface area contributed by atoms with E-state index in [2.05, 4.69) is 16.0 Å². The molecule has 0 heterocycles. The normalized spacial score (nSPS) is 13.9. The first-order valence-electron chi connectivity index (χ1n) is 13.0. The van der Waals surface area contributed by atoms with Gasteiger partial charge in [0, 0.05) is 19.3 Å². The van der Waals surface area contributed by atoms with Crippen LogP contribution >= 0.6 is 0 Å². The van der Waals surface area contributed by atoms with E-state index in [0.717, 1.165) is 0 Å². The average Bonchev–Trinajstić information content (AvgIpc) is 2.91. The van der Waals surface area contributed by atoms with Gasteiger partial charge < -0.3 is 42.7 Å². The van der Waals surface area contributed by atoms with Gasteiger partial charge in [-0.25, -0.2) is 4.79 Å². The highest BCUT2D eigenvalue weighted by molar-refractivity contribution is 5.94. The van der Waals surface area contributed by atoms with E-state index in [9.17, 15) is 39.3 Å². The molecule has 222 valence electrons. The maximum atomic E-state index is 13.4. The van der Waals surface area contributed by atoms with Gasteiger partial charge >= 0.3 is 5.97 Å². The lowest BCUT2D eigenvalue weighted by atomic mass is 10.0. The summed E-state index contributed by atoms with van der Waals surface area (Å²) in [6.07, 6.45) is -0.666. The molecule has 2 aromatic rings. The maximum Gasteiger partial charge on any atom is 0.326 e. The molecule has 0 aliphatic heterocycles. The molecule has 0 aliphatic rings. The molecule has 2 aromatic carbocycles. The van der Waals surface area contributed by atoms with E-state index in [0.29, 0.717) is 11.1 Å². The summed E-state index contributed by atoms with van der Waals surface area (Å²) >= 11 is 0. The molecule has 0 saturated heterocycles. The molecule has 10 N–H and O–H groups in total. The molecule has 4 atom stereocenters. The van der Waals surface area contributed by atoms with Crippen LogP contribution in [0.25, 0.3) is 0 Å². The number of primary amides is 1. The molecule has 13 heteroatoms. The molecular weight excluding hydrogens is 534 g/mol. The lowest BCUT2D eigenvalue weighted by Crippen LogP contribution is -2.58. The number of aromatic hydroxyl groups is 2. The van der Waals surface area contributed by atoms with Crippen molar-refractivity contribution in [3.8, 4) is 11.5 Å². The lowest BCUT2D eigenvalue weighted by molar-refractivity contribution is -0.142. The van der Waals surface area contributed by atoms with Crippen LogP contribution < -0.4 is 27.4 Å². The molecule has 0 aliphatic carbocycles. The van der Waals surface area contributed by atoms with Gasteiger partial charge in [0.05, 0.1) is 6.04 Å². The Labute approximate surface area is 237 Å². The van der Waals surface area contributed by atoms with E-state index >= 15 is 0 Å². The molecular formula is C28H37N5O8. The summed E-state index contributed by atoms with van der Waals surface area (Å²) < 4.78 is 0. The summed E-state index contributed by atoms with van der Waals surface area (Å²) in [5.41, 5.74) is 12.3. The number of carboxylic acid groups (broad SMARTS) is 1. The second-order valence-corrected chi connectivity index (χ2v) is 10.0. The fraction of sp³-hybridized carbons (Fsp3) is 0.393. The Bertz CT molecular complexity index is 1220. The van der Waals surface area contributed by atoms with Gasteiger partial charge in [-0.3, -0.25) is 19.2 Å². The average molecular weight is 572 g/mol. The number of hydrogen-bond acceptors (Lipinski definition) is 8. The number of nitrogens with two attached hydrogens (primary N) is 2. The van der Waals surface area contributed by atoms with Crippen LogP contribution in [0.15, 0.2) is 48.5 Å². The van der Waals surface area contributed by atoms with Crippen molar-refractivity contribution in [3.05, 3.63) is 59.7 Å². The van der Waals surface area contributed by atoms with Gasteiger partial charge in [0.25, 0.3) is 0 Å². The number of carboxylic acids is 1. The molecule has 13 nitrogen and oxygen atoms in total. The number of hydrogen-bond donors (Lipinski definition) is 8. The van der Waals surface area contributed by atoms with Gasteiger partial charge in [-0.05, 0) is 47.7 Å². The summed E-state index contributed by atoms with van der Waals surface area (Å²) in [6, 6.07) is 6.81. The number of aliphatic carboxylic acids is 1. The smallest absolute Gasteiger partial charge is 0.326 e. The maximum absolute atomic E-state index is 13.4. The molecule has 4 amide bonds. The van der Waals surface area contributed by atoms with Gasteiger partial charge in [0.1, 0.15) is 29.6 Å². The summed E-state index contributed by atoms with van der Waals surface area (Å²) in [5.74, 6) is -4.58. The summed E-state index contributed by atoms with van der Waals surface area (Å²) in [4.78, 5) is 62.6. The van der Waals surface area contributed by atoms with Gasteiger partial charge in [-0.15, -0.1) is 0 Å². The number of benzene rings is 2. The van der Waals surface area contributed by atoms with Gasteiger partial charge in [0.2, 0.25) is 23.6 Å². The number of phenolic OH excluding ortho intramolecular Hbond substituents is 2. The van der Waals surface area contributed by atoms with E-state index in [4.69, 9.17) is 11.5 Å².